The molecule has 0 fully saturated rings. The Morgan fingerprint density at radius 1 is 0.774 bits per heavy atom. The van der Waals surface area contributed by atoms with Crippen molar-refractivity contribution >= 4 is 0 Å². The summed E-state index contributed by atoms with van der Waals surface area (Å²) in [5.74, 6) is 2.61. The first-order valence-electron chi connectivity index (χ1n) is 11.5. The molecule has 2 aromatic carbocycles. The van der Waals surface area contributed by atoms with Crippen LogP contribution in [0.2, 0.25) is 0 Å². The molecular weight excluding hydrogens is 380 g/mol. The smallest absolute Gasteiger partial charge is 0.109 e. The minimum absolute atomic E-state index is 0.423. The second-order valence-electron chi connectivity index (χ2n) is 9.21. The summed E-state index contributed by atoms with van der Waals surface area (Å²) in [5.41, 5.74) is 12.9. The summed E-state index contributed by atoms with van der Waals surface area (Å²) in [6.07, 6.45) is 5.17. The lowest BCUT2D eigenvalue weighted by molar-refractivity contribution is 0.787. The number of nitrogens with one attached hydrogen (secondary N) is 2. The van der Waals surface area contributed by atoms with E-state index in [9.17, 15) is 0 Å². The molecule has 2 aliphatic carbocycles. The van der Waals surface area contributed by atoms with E-state index in [0.717, 1.165) is 55.1 Å². The largest absolute Gasteiger partial charge is 0.345 e. The molecule has 31 heavy (non-hydrogen) atoms. The Bertz CT molecular complexity index is 1310. The lowest BCUT2D eigenvalue weighted by Crippen LogP contribution is -2.05. The van der Waals surface area contributed by atoms with Gasteiger partial charge in [0.2, 0.25) is 0 Å². The molecular formula is C27H28N4. The number of aromatic nitrogens is 4. The monoisotopic (exact) mass is 408 g/mol. The first-order valence-corrected chi connectivity index (χ1v) is 11.5. The van der Waals surface area contributed by atoms with Crippen molar-refractivity contribution in [2.24, 2.45) is 0 Å². The number of hydrogen-bond acceptors (Lipinski definition) is 2. The number of hydrogen-bond donors (Lipinski definition) is 2. The van der Waals surface area contributed by atoms with Crippen LogP contribution in [-0.4, -0.2) is 19.9 Å². The molecule has 2 aliphatic rings. The van der Waals surface area contributed by atoms with Gasteiger partial charge in [0, 0.05) is 34.9 Å². The molecule has 156 valence electrons. The molecule has 2 heterocycles. The second kappa shape index (κ2) is 6.94. The molecule has 4 nitrogen and oxygen atoms in total. The van der Waals surface area contributed by atoms with E-state index in [0.29, 0.717) is 5.92 Å². The van der Waals surface area contributed by atoms with Crippen LogP contribution < -0.4 is 0 Å². The van der Waals surface area contributed by atoms with Gasteiger partial charge >= 0.3 is 0 Å². The van der Waals surface area contributed by atoms with Crippen molar-refractivity contribution in [1.82, 2.24) is 19.9 Å². The van der Waals surface area contributed by atoms with Gasteiger partial charge in [0.15, 0.2) is 0 Å². The van der Waals surface area contributed by atoms with Gasteiger partial charge in [-0.05, 0) is 47.9 Å². The van der Waals surface area contributed by atoms with E-state index in [2.05, 4.69) is 67.1 Å². The van der Waals surface area contributed by atoms with Crippen LogP contribution in [0.25, 0.3) is 33.6 Å². The molecule has 0 saturated heterocycles. The zero-order valence-corrected chi connectivity index (χ0v) is 18.5. The molecule has 4 aromatic rings. The molecule has 0 saturated carbocycles. The summed E-state index contributed by atoms with van der Waals surface area (Å²) in [6.45, 7) is 6.54. The van der Waals surface area contributed by atoms with E-state index >= 15 is 0 Å². The van der Waals surface area contributed by atoms with Crippen molar-refractivity contribution in [3.63, 3.8) is 0 Å². The van der Waals surface area contributed by atoms with E-state index in [1.54, 1.807) is 0 Å². The molecule has 6 rings (SSSR count). The summed E-state index contributed by atoms with van der Waals surface area (Å²) < 4.78 is 0. The van der Waals surface area contributed by atoms with Crippen molar-refractivity contribution in [1.29, 1.82) is 0 Å². The van der Waals surface area contributed by atoms with Gasteiger partial charge in [0.25, 0.3) is 0 Å². The number of benzene rings is 2. The fraction of sp³-hybridized carbons (Fsp3) is 0.333. The van der Waals surface area contributed by atoms with Crippen LogP contribution >= 0.6 is 0 Å². The number of H-pyrrole nitrogens is 2. The van der Waals surface area contributed by atoms with Crippen LogP contribution in [0.15, 0.2) is 36.4 Å². The van der Waals surface area contributed by atoms with Gasteiger partial charge in [-0.1, -0.05) is 57.2 Å². The SMILES string of the molecule is CCc1nc2c([nH]1)CCc1cc(-c3ccc4c(c3)CCc3[nH]c(C(C)C)nc3-4)ccc1-2. The van der Waals surface area contributed by atoms with E-state index in [4.69, 9.17) is 9.97 Å². The maximum Gasteiger partial charge on any atom is 0.109 e. The highest BCUT2D eigenvalue weighted by Crippen LogP contribution is 2.38. The summed E-state index contributed by atoms with van der Waals surface area (Å²) in [5, 5.41) is 0. The average molecular weight is 409 g/mol. The Hall–Kier alpha value is -3.14. The first-order chi connectivity index (χ1) is 15.1. The van der Waals surface area contributed by atoms with Gasteiger partial charge in [-0.15, -0.1) is 0 Å². The van der Waals surface area contributed by atoms with Gasteiger partial charge in [0.1, 0.15) is 11.6 Å². The highest BCUT2D eigenvalue weighted by atomic mass is 14.9. The summed E-state index contributed by atoms with van der Waals surface area (Å²) >= 11 is 0. The topological polar surface area (TPSA) is 57.4 Å². The zero-order valence-electron chi connectivity index (χ0n) is 18.5. The highest BCUT2D eigenvalue weighted by Gasteiger charge is 2.23. The van der Waals surface area contributed by atoms with E-state index in [-0.39, 0.29) is 0 Å². The standard InChI is InChI=1S/C27H28N4/c1-4-24-28-22-11-7-18-13-16(5-9-20(18)25(22)30-24)17-6-10-21-19(14-17)8-12-23-26(21)31-27(29-23)15(2)3/h5-6,9-10,13-15H,4,7-8,11-12H2,1-3H3,(H,28,30)(H,29,31). The lowest BCUT2D eigenvalue weighted by Gasteiger charge is -2.18. The Morgan fingerprint density at radius 2 is 1.35 bits per heavy atom. The van der Waals surface area contributed by atoms with Gasteiger partial charge in [-0.25, -0.2) is 9.97 Å². The van der Waals surface area contributed by atoms with E-state index in [1.807, 2.05) is 0 Å². The maximum absolute atomic E-state index is 4.92. The van der Waals surface area contributed by atoms with Crippen LogP contribution in [0, 0.1) is 0 Å². The molecule has 0 atom stereocenters. The number of imidazole rings is 2. The molecule has 2 N–H and O–H groups in total. The number of aromatic amines is 2. The van der Waals surface area contributed by atoms with Crippen LogP contribution in [0.3, 0.4) is 0 Å². The van der Waals surface area contributed by atoms with Crippen LogP contribution in [0.4, 0.5) is 0 Å². The molecule has 0 bridgehead atoms. The molecule has 0 amide bonds. The third kappa shape index (κ3) is 2.96. The van der Waals surface area contributed by atoms with Crippen molar-refractivity contribution in [3.05, 3.63) is 70.6 Å². The summed E-state index contributed by atoms with van der Waals surface area (Å²) in [7, 11) is 0. The molecule has 0 spiro atoms. The van der Waals surface area contributed by atoms with E-state index < -0.39 is 0 Å². The number of fused-ring (bicyclic) bond motifs is 6. The molecule has 0 unspecified atom stereocenters. The van der Waals surface area contributed by atoms with Crippen molar-refractivity contribution < 1.29 is 0 Å². The van der Waals surface area contributed by atoms with Gasteiger partial charge in [-0.3, -0.25) is 0 Å². The van der Waals surface area contributed by atoms with Crippen LogP contribution in [0.1, 0.15) is 60.9 Å². The van der Waals surface area contributed by atoms with Crippen LogP contribution in [0.5, 0.6) is 0 Å². The third-order valence-corrected chi connectivity index (χ3v) is 6.85. The fourth-order valence-electron chi connectivity index (χ4n) is 5.08. The third-order valence-electron chi connectivity index (χ3n) is 6.85. The Morgan fingerprint density at radius 3 is 1.94 bits per heavy atom. The van der Waals surface area contributed by atoms with Crippen LogP contribution in [-0.2, 0) is 32.1 Å². The molecule has 0 radical (unpaired) electrons. The molecule has 2 aromatic heterocycles. The Balaban J connectivity index is 1.37. The Kier molecular flexibility index (Phi) is 4.17. The first kappa shape index (κ1) is 18.6. The normalized spacial score (nSPS) is 14.2. The zero-order chi connectivity index (χ0) is 21.1. The van der Waals surface area contributed by atoms with Gasteiger partial charge in [-0.2, -0.15) is 0 Å². The predicted molar refractivity (Wildman–Crippen MR) is 125 cm³/mol. The number of rotatable bonds is 3. The molecule has 0 aliphatic heterocycles. The molecule has 4 heteroatoms. The van der Waals surface area contributed by atoms with Gasteiger partial charge < -0.3 is 9.97 Å². The predicted octanol–water partition coefficient (Wildman–Crippen LogP) is 6.02. The quantitative estimate of drug-likeness (QED) is 0.436. The Labute approximate surface area is 183 Å². The van der Waals surface area contributed by atoms with E-state index in [1.165, 1.54) is 44.8 Å². The van der Waals surface area contributed by atoms with Crippen molar-refractivity contribution in [3.8, 4) is 33.6 Å². The number of nitrogens with zero attached hydrogens (tertiary/aromatic N) is 2. The summed E-state index contributed by atoms with van der Waals surface area (Å²) in [6, 6.07) is 13.8. The highest BCUT2D eigenvalue weighted by molar-refractivity contribution is 5.78. The maximum atomic E-state index is 4.92. The minimum Gasteiger partial charge on any atom is -0.345 e. The van der Waals surface area contributed by atoms with Crippen molar-refractivity contribution in [2.45, 2.75) is 58.8 Å². The fourth-order valence-corrected chi connectivity index (χ4v) is 5.08. The lowest BCUT2D eigenvalue weighted by atomic mass is 9.87. The van der Waals surface area contributed by atoms with Crippen molar-refractivity contribution in [2.75, 3.05) is 0 Å². The minimum atomic E-state index is 0.423. The number of aryl methyl sites for hydroxylation is 5. The average Bonchev–Trinajstić information content (AvgIpc) is 3.42. The summed E-state index contributed by atoms with van der Waals surface area (Å²) in [4.78, 5) is 16.8. The van der Waals surface area contributed by atoms with Gasteiger partial charge in [0.05, 0.1) is 11.4 Å². The second-order valence-corrected chi connectivity index (χ2v) is 9.21.